The molecule has 0 atom stereocenters. The number of aromatic amines is 1. The van der Waals surface area contributed by atoms with E-state index < -0.39 is 41.5 Å². The van der Waals surface area contributed by atoms with Crippen LogP contribution in [0.25, 0.3) is 0 Å². The Bertz CT molecular complexity index is 1260. The van der Waals surface area contributed by atoms with E-state index in [2.05, 4.69) is 30.9 Å². The van der Waals surface area contributed by atoms with Crippen molar-refractivity contribution in [1.82, 2.24) is 25.6 Å². The van der Waals surface area contributed by atoms with Crippen LogP contribution in [-0.4, -0.2) is 38.6 Å². The molecule has 0 saturated carbocycles. The molecule has 35 heavy (non-hydrogen) atoms. The van der Waals surface area contributed by atoms with Crippen LogP contribution < -0.4 is 21.5 Å². The van der Waals surface area contributed by atoms with Crippen molar-refractivity contribution >= 4 is 29.4 Å². The largest absolute Gasteiger partial charge is 0.465 e. The SMILES string of the molecule is O=C(O)NCc1ccccc1CNC(=O)Cc1nc(NCC(F)(F)c2ccccn2)c(=O)[nH]c1Cl. The van der Waals surface area contributed by atoms with Crippen molar-refractivity contribution in [3.8, 4) is 0 Å². The highest BCUT2D eigenvalue weighted by atomic mass is 35.5. The average Bonchev–Trinajstić information content (AvgIpc) is 2.83. The fourth-order valence-corrected chi connectivity index (χ4v) is 3.24. The molecule has 3 aromatic rings. The number of halogens is 3. The third-order valence-corrected chi connectivity index (χ3v) is 5.12. The van der Waals surface area contributed by atoms with Crippen LogP contribution in [0.2, 0.25) is 5.15 Å². The number of nitrogens with one attached hydrogen (secondary N) is 4. The number of hydrogen-bond donors (Lipinski definition) is 5. The minimum absolute atomic E-state index is 0.0201. The summed E-state index contributed by atoms with van der Waals surface area (Å²) in [5.74, 6) is -4.30. The van der Waals surface area contributed by atoms with Crippen molar-refractivity contribution in [1.29, 1.82) is 0 Å². The number of alkyl halides is 2. The molecule has 0 unspecified atom stereocenters. The van der Waals surface area contributed by atoms with E-state index >= 15 is 0 Å². The third-order valence-electron chi connectivity index (χ3n) is 4.81. The van der Waals surface area contributed by atoms with Crippen LogP contribution in [0.4, 0.5) is 19.4 Å². The van der Waals surface area contributed by atoms with Crippen molar-refractivity contribution < 1.29 is 23.5 Å². The van der Waals surface area contributed by atoms with Gasteiger partial charge >= 0.3 is 12.0 Å². The van der Waals surface area contributed by atoms with Gasteiger partial charge < -0.3 is 26.0 Å². The first kappa shape index (κ1) is 25.6. The molecular formula is C22H21ClF2N6O4. The van der Waals surface area contributed by atoms with Crippen LogP contribution in [0, 0.1) is 0 Å². The molecule has 5 N–H and O–H groups in total. The maximum atomic E-state index is 14.4. The van der Waals surface area contributed by atoms with E-state index in [1.807, 2.05) is 0 Å². The lowest BCUT2D eigenvalue weighted by molar-refractivity contribution is -0.120. The zero-order valence-electron chi connectivity index (χ0n) is 18.1. The Morgan fingerprint density at radius 3 is 2.34 bits per heavy atom. The summed E-state index contributed by atoms with van der Waals surface area (Å²) in [6, 6.07) is 11.0. The summed E-state index contributed by atoms with van der Waals surface area (Å²) in [5, 5.41) is 15.8. The number of carbonyl (C=O) groups is 2. The Balaban J connectivity index is 1.64. The van der Waals surface area contributed by atoms with Crippen LogP contribution in [0.3, 0.4) is 0 Å². The van der Waals surface area contributed by atoms with E-state index in [0.29, 0.717) is 11.1 Å². The van der Waals surface area contributed by atoms with Crippen molar-refractivity contribution in [3.05, 3.63) is 86.7 Å². The normalized spacial score (nSPS) is 11.1. The fourth-order valence-electron chi connectivity index (χ4n) is 3.05. The van der Waals surface area contributed by atoms with Gasteiger partial charge in [-0.25, -0.2) is 9.78 Å². The summed E-state index contributed by atoms with van der Waals surface area (Å²) in [4.78, 5) is 45.2. The molecule has 2 amide bonds. The number of rotatable bonds is 10. The van der Waals surface area contributed by atoms with Crippen LogP contribution in [0.5, 0.6) is 0 Å². The van der Waals surface area contributed by atoms with E-state index in [0.717, 1.165) is 6.07 Å². The fraction of sp³-hybridized carbons (Fsp3) is 0.227. The number of carboxylic acid groups (broad SMARTS) is 1. The third kappa shape index (κ3) is 7.21. The molecule has 0 aliphatic rings. The Labute approximate surface area is 202 Å². The predicted molar refractivity (Wildman–Crippen MR) is 123 cm³/mol. The molecule has 10 nitrogen and oxygen atoms in total. The zero-order chi connectivity index (χ0) is 25.4. The molecule has 0 radical (unpaired) electrons. The lowest BCUT2D eigenvalue weighted by Crippen LogP contribution is -2.30. The summed E-state index contributed by atoms with van der Waals surface area (Å²) < 4.78 is 28.7. The van der Waals surface area contributed by atoms with Crippen molar-refractivity contribution in [2.75, 3.05) is 11.9 Å². The number of nitrogens with zero attached hydrogens (tertiary/aromatic N) is 2. The first-order valence-electron chi connectivity index (χ1n) is 10.3. The zero-order valence-corrected chi connectivity index (χ0v) is 18.9. The van der Waals surface area contributed by atoms with Crippen molar-refractivity contribution in [2.45, 2.75) is 25.4 Å². The van der Waals surface area contributed by atoms with E-state index in [4.69, 9.17) is 16.7 Å². The van der Waals surface area contributed by atoms with Gasteiger partial charge in [0.05, 0.1) is 18.7 Å². The molecule has 3 rings (SSSR count). The van der Waals surface area contributed by atoms with Gasteiger partial charge in [0.1, 0.15) is 10.8 Å². The van der Waals surface area contributed by atoms with E-state index in [-0.39, 0.29) is 30.4 Å². The van der Waals surface area contributed by atoms with Gasteiger partial charge in [0.25, 0.3) is 5.56 Å². The Morgan fingerprint density at radius 1 is 1.06 bits per heavy atom. The van der Waals surface area contributed by atoms with Gasteiger partial charge in [0.2, 0.25) is 5.91 Å². The molecular weight excluding hydrogens is 486 g/mol. The number of benzene rings is 1. The highest BCUT2D eigenvalue weighted by molar-refractivity contribution is 6.30. The van der Waals surface area contributed by atoms with Gasteiger partial charge in [-0.15, -0.1) is 0 Å². The van der Waals surface area contributed by atoms with Gasteiger partial charge in [-0.3, -0.25) is 14.6 Å². The average molecular weight is 507 g/mol. The minimum Gasteiger partial charge on any atom is -0.465 e. The standard InChI is InChI=1S/C22H21ClF2N6O4/c23-18-15(9-17(32)27-10-13-5-1-2-6-14(13)11-28-21(34)35)30-19(20(33)31-18)29-12-22(24,25)16-7-3-4-8-26-16/h1-8,28H,9-12H2,(H,27,32)(H,29,30)(H,31,33)(H,34,35). The molecule has 0 spiro atoms. The van der Waals surface area contributed by atoms with Gasteiger partial charge in [-0.2, -0.15) is 8.78 Å². The summed E-state index contributed by atoms with van der Waals surface area (Å²) in [5.41, 5.74) is 0.0466. The van der Waals surface area contributed by atoms with Crippen LogP contribution in [0.1, 0.15) is 22.5 Å². The molecule has 0 fully saturated rings. The van der Waals surface area contributed by atoms with Crippen LogP contribution in [-0.2, 0) is 30.2 Å². The van der Waals surface area contributed by atoms with Crippen molar-refractivity contribution in [2.24, 2.45) is 0 Å². The molecule has 0 saturated heterocycles. The molecule has 1 aromatic carbocycles. The number of H-pyrrole nitrogens is 1. The van der Waals surface area contributed by atoms with E-state index in [1.165, 1.54) is 18.3 Å². The Kier molecular flexibility index (Phi) is 8.31. The lowest BCUT2D eigenvalue weighted by atomic mass is 10.1. The first-order valence-corrected chi connectivity index (χ1v) is 10.7. The highest BCUT2D eigenvalue weighted by Gasteiger charge is 2.33. The molecule has 2 heterocycles. The minimum atomic E-state index is -3.38. The highest BCUT2D eigenvalue weighted by Crippen LogP contribution is 2.26. The molecule has 2 aromatic heterocycles. The summed E-state index contributed by atoms with van der Waals surface area (Å²) in [6.45, 7) is -0.792. The molecule has 13 heteroatoms. The smallest absolute Gasteiger partial charge is 0.404 e. The molecule has 0 bridgehead atoms. The van der Waals surface area contributed by atoms with E-state index in [9.17, 15) is 23.2 Å². The van der Waals surface area contributed by atoms with Gasteiger partial charge in [0, 0.05) is 19.3 Å². The predicted octanol–water partition coefficient (Wildman–Crippen LogP) is 2.65. The molecule has 184 valence electrons. The van der Waals surface area contributed by atoms with Gasteiger partial charge in [0.15, 0.2) is 5.82 Å². The first-order chi connectivity index (χ1) is 16.7. The maximum absolute atomic E-state index is 14.4. The summed E-state index contributed by atoms with van der Waals surface area (Å²) in [7, 11) is 0. The maximum Gasteiger partial charge on any atom is 0.404 e. The lowest BCUT2D eigenvalue weighted by Gasteiger charge is -2.16. The number of pyridine rings is 1. The second-order valence-electron chi connectivity index (χ2n) is 7.33. The summed E-state index contributed by atoms with van der Waals surface area (Å²) >= 11 is 6.00. The topological polar surface area (TPSA) is 149 Å². The Morgan fingerprint density at radius 2 is 1.71 bits per heavy atom. The van der Waals surface area contributed by atoms with Gasteiger partial charge in [-0.05, 0) is 23.3 Å². The molecule has 0 aliphatic heterocycles. The van der Waals surface area contributed by atoms with E-state index in [1.54, 1.807) is 24.3 Å². The molecule has 0 aliphatic carbocycles. The number of amides is 2. The number of carbonyl (C=O) groups excluding carboxylic acids is 1. The quantitative estimate of drug-likeness (QED) is 0.284. The second-order valence-corrected chi connectivity index (χ2v) is 7.71. The Hall–Kier alpha value is -4.06. The van der Waals surface area contributed by atoms with Gasteiger partial charge in [-0.1, -0.05) is 41.9 Å². The van der Waals surface area contributed by atoms with Crippen LogP contribution >= 0.6 is 11.6 Å². The summed E-state index contributed by atoms with van der Waals surface area (Å²) in [6.07, 6.45) is -0.282. The van der Waals surface area contributed by atoms with Crippen molar-refractivity contribution in [3.63, 3.8) is 0 Å². The monoisotopic (exact) mass is 506 g/mol. The van der Waals surface area contributed by atoms with Crippen LogP contribution in [0.15, 0.2) is 53.5 Å². The second kappa shape index (κ2) is 11.4. The number of hydrogen-bond acceptors (Lipinski definition) is 6. The number of aromatic nitrogens is 3. The number of anilines is 1.